The van der Waals surface area contributed by atoms with Gasteiger partial charge in [0.2, 0.25) is 5.89 Å². The van der Waals surface area contributed by atoms with Crippen LogP contribution in [0.3, 0.4) is 0 Å². The molecular weight excluding hydrogens is 194 g/mol. The Morgan fingerprint density at radius 1 is 1.67 bits per heavy atom. The average Bonchev–Trinajstić information content (AvgIpc) is 2.79. The molecule has 1 saturated heterocycles. The molecule has 1 aliphatic rings. The summed E-state index contributed by atoms with van der Waals surface area (Å²) in [6, 6.07) is 0.509. The molecule has 0 N–H and O–H groups in total. The minimum absolute atomic E-state index is 0.240. The molecule has 1 aliphatic heterocycles. The summed E-state index contributed by atoms with van der Waals surface area (Å²) in [6.07, 6.45) is 4.24. The van der Waals surface area contributed by atoms with Crippen molar-refractivity contribution < 1.29 is 9.32 Å². The smallest absolute Gasteiger partial charge is 0.228 e. The maximum absolute atomic E-state index is 10.3. The Balaban J connectivity index is 1.95. The molecule has 82 valence electrons. The molecule has 0 aromatic carbocycles. The SMILES string of the molecule is CN1CCCC1Cc1nc(CC=O)no1. The zero-order valence-corrected chi connectivity index (χ0v) is 8.85. The Hall–Kier alpha value is -1.23. The first-order chi connectivity index (χ1) is 7.29. The van der Waals surface area contributed by atoms with Gasteiger partial charge in [0.15, 0.2) is 5.82 Å². The Labute approximate surface area is 88.5 Å². The van der Waals surface area contributed by atoms with Gasteiger partial charge >= 0.3 is 0 Å². The van der Waals surface area contributed by atoms with Crippen molar-refractivity contribution in [2.75, 3.05) is 13.6 Å². The standard InChI is InChI=1S/C10H15N3O2/c1-13-5-2-3-8(13)7-10-11-9(4-6-14)12-15-10/h6,8H,2-5,7H2,1H3. The van der Waals surface area contributed by atoms with Crippen LogP contribution in [0.1, 0.15) is 24.6 Å². The Morgan fingerprint density at radius 2 is 2.53 bits per heavy atom. The quantitative estimate of drug-likeness (QED) is 0.674. The van der Waals surface area contributed by atoms with Crippen molar-refractivity contribution in [2.24, 2.45) is 0 Å². The van der Waals surface area contributed by atoms with Crippen LogP contribution in [0, 0.1) is 0 Å². The number of hydrogen-bond donors (Lipinski definition) is 0. The van der Waals surface area contributed by atoms with E-state index in [1.807, 2.05) is 0 Å². The molecule has 0 spiro atoms. The van der Waals surface area contributed by atoms with E-state index in [4.69, 9.17) is 4.52 Å². The molecule has 2 rings (SSSR count). The summed E-state index contributed by atoms with van der Waals surface area (Å²) in [5.41, 5.74) is 0. The highest BCUT2D eigenvalue weighted by Crippen LogP contribution is 2.18. The normalized spacial score (nSPS) is 22.1. The van der Waals surface area contributed by atoms with Gasteiger partial charge in [0.05, 0.1) is 6.42 Å². The molecule has 1 aromatic rings. The Bertz CT molecular complexity index is 337. The van der Waals surface area contributed by atoms with Crippen molar-refractivity contribution in [2.45, 2.75) is 31.7 Å². The van der Waals surface area contributed by atoms with Crippen LogP contribution in [0.4, 0.5) is 0 Å². The number of nitrogens with zero attached hydrogens (tertiary/aromatic N) is 3. The number of rotatable bonds is 4. The van der Waals surface area contributed by atoms with E-state index in [1.165, 1.54) is 12.8 Å². The van der Waals surface area contributed by atoms with Gasteiger partial charge in [-0.3, -0.25) is 0 Å². The van der Waals surface area contributed by atoms with E-state index < -0.39 is 0 Å². The van der Waals surface area contributed by atoms with Gasteiger partial charge in [-0.15, -0.1) is 0 Å². The Morgan fingerprint density at radius 3 is 3.20 bits per heavy atom. The topological polar surface area (TPSA) is 59.2 Å². The first kappa shape index (κ1) is 10.3. The fraction of sp³-hybridized carbons (Fsp3) is 0.700. The van der Waals surface area contributed by atoms with Crippen molar-refractivity contribution in [3.05, 3.63) is 11.7 Å². The van der Waals surface area contributed by atoms with E-state index in [9.17, 15) is 4.79 Å². The van der Waals surface area contributed by atoms with Crippen molar-refractivity contribution in [3.8, 4) is 0 Å². The summed E-state index contributed by atoms with van der Waals surface area (Å²) < 4.78 is 5.08. The zero-order valence-electron chi connectivity index (χ0n) is 8.85. The predicted molar refractivity (Wildman–Crippen MR) is 53.4 cm³/mol. The van der Waals surface area contributed by atoms with Crippen molar-refractivity contribution >= 4 is 6.29 Å². The largest absolute Gasteiger partial charge is 0.339 e. The number of hydrogen-bond acceptors (Lipinski definition) is 5. The van der Waals surface area contributed by atoms with Crippen LogP contribution in [0.2, 0.25) is 0 Å². The summed E-state index contributed by atoms with van der Waals surface area (Å²) in [7, 11) is 2.11. The summed E-state index contributed by atoms with van der Waals surface area (Å²) in [6.45, 7) is 1.14. The average molecular weight is 209 g/mol. The van der Waals surface area contributed by atoms with Crippen LogP contribution in [0.5, 0.6) is 0 Å². The number of carbonyl (C=O) groups excluding carboxylic acids is 1. The molecule has 0 saturated carbocycles. The molecular formula is C10H15N3O2. The van der Waals surface area contributed by atoms with Crippen LogP contribution in [-0.4, -0.2) is 41.0 Å². The van der Waals surface area contributed by atoms with E-state index in [-0.39, 0.29) is 6.42 Å². The zero-order chi connectivity index (χ0) is 10.7. The third-order valence-corrected chi connectivity index (χ3v) is 2.86. The molecule has 15 heavy (non-hydrogen) atoms. The third kappa shape index (κ3) is 2.41. The number of aromatic nitrogens is 2. The van der Waals surface area contributed by atoms with Gasteiger partial charge < -0.3 is 14.2 Å². The fourth-order valence-electron chi connectivity index (χ4n) is 1.97. The molecule has 0 aliphatic carbocycles. The van der Waals surface area contributed by atoms with Crippen LogP contribution in [-0.2, 0) is 17.6 Å². The second-order valence-corrected chi connectivity index (χ2v) is 3.96. The molecule has 1 fully saturated rings. The predicted octanol–water partition coefficient (Wildman–Crippen LogP) is 0.448. The monoisotopic (exact) mass is 209 g/mol. The van der Waals surface area contributed by atoms with Crippen LogP contribution in [0.15, 0.2) is 4.52 Å². The lowest BCUT2D eigenvalue weighted by Gasteiger charge is -2.16. The summed E-state index contributed by atoms with van der Waals surface area (Å²) >= 11 is 0. The van der Waals surface area contributed by atoms with Gasteiger partial charge in [-0.05, 0) is 26.4 Å². The van der Waals surface area contributed by atoms with E-state index in [0.29, 0.717) is 17.8 Å². The number of carbonyl (C=O) groups is 1. The van der Waals surface area contributed by atoms with Crippen molar-refractivity contribution in [3.63, 3.8) is 0 Å². The van der Waals surface area contributed by atoms with E-state index in [0.717, 1.165) is 19.3 Å². The van der Waals surface area contributed by atoms with Crippen LogP contribution < -0.4 is 0 Å². The minimum atomic E-state index is 0.240. The first-order valence-electron chi connectivity index (χ1n) is 5.25. The van der Waals surface area contributed by atoms with Gasteiger partial charge in [0.25, 0.3) is 0 Å². The van der Waals surface area contributed by atoms with E-state index >= 15 is 0 Å². The van der Waals surface area contributed by atoms with Gasteiger partial charge in [-0.1, -0.05) is 5.16 Å². The molecule has 0 amide bonds. The lowest BCUT2D eigenvalue weighted by Crippen LogP contribution is -2.26. The second kappa shape index (κ2) is 4.53. The highest BCUT2D eigenvalue weighted by Gasteiger charge is 2.23. The lowest BCUT2D eigenvalue weighted by atomic mass is 10.1. The fourth-order valence-corrected chi connectivity index (χ4v) is 1.97. The highest BCUT2D eigenvalue weighted by molar-refractivity contribution is 5.52. The molecule has 0 radical (unpaired) electrons. The number of likely N-dealkylation sites (tertiary alicyclic amines) is 1. The lowest BCUT2D eigenvalue weighted by molar-refractivity contribution is -0.107. The summed E-state index contributed by atoms with van der Waals surface area (Å²) in [5.74, 6) is 1.13. The van der Waals surface area contributed by atoms with E-state index in [1.54, 1.807) is 0 Å². The van der Waals surface area contributed by atoms with Crippen molar-refractivity contribution in [1.29, 1.82) is 0 Å². The molecule has 2 heterocycles. The number of aldehydes is 1. The highest BCUT2D eigenvalue weighted by atomic mass is 16.5. The molecule has 1 aromatic heterocycles. The molecule has 1 atom stereocenters. The maximum atomic E-state index is 10.3. The molecule has 5 nitrogen and oxygen atoms in total. The van der Waals surface area contributed by atoms with E-state index in [2.05, 4.69) is 22.1 Å². The molecule has 1 unspecified atom stereocenters. The van der Waals surface area contributed by atoms with Crippen LogP contribution in [0.25, 0.3) is 0 Å². The van der Waals surface area contributed by atoms with Gasteiger partial charge in [0, 0.05) is 12.5 Å². The molecule has 0 bridgehead atoms. The van der Waals surface area contributed by atoms with Gasteiger partial charge in [-0.2, -0.15) is 4.98 Å². The summed E-state index contributed by atoms with van der Waals surface area (Å²) in [4.78, 5) is 16.7. The molecule has 5 heteroatoms. The maximum Gasteiger partial charge on any atom is 0.228 e. The van der Waals surface area contributed by atoms with Crippen molar-refractivity contribution in [1.82, 2.24) is 15.0 Å². The second-order valence-electron chi connectivity index (χ2n) is 3.96. The minimum Gasteiger partial charge on any atom is -0.339 e. The first-order valence-corrected chi connectivity index (χ1v) is 5.25. The third-order valence-electron chi connectivity index (χ3n) is 2.86. The number of likely N-dealkylation sites (N-methyl/N-ethyl adjacent to an activating group) is 1. The van der Waals surface area contributed by atoms with Crippen LogP contribution >= 0.6 is 0 Å². The van der Waals surface area contributed by atoms with Gasteiger partial charge in [-0.25, -0.2) is 0 Å². The summed E-state index contributed by atoms with van der Waals surface area (Å²) in [5, 5.41) is 3.74. The Kier molecular flexibility index (Phi) is 3.11. The van der Waals surface area contributed by atoms with Gasteiger partial charge in [0.1, 0.15) is 6.29 Å².